The molecular weight excluding hydrogens is 763 g/mol. The fourth-order valence-corrected chi connectivity index (χ4v) is 9.51. The van der Waals surface area contributed by atoms with E-state index in [1.54, 1.807) is 0 Å². The zero-order valence-electron chi connectivity index (χ0n) is 34.8. The first-order valence-electron chi connectivity index (χ1n) is 21.4. The van der Waals surface area contributed by atoms with Crippen molar-refractivity contribution < 1.29 is 0 Å². The molecule has 0 saturated carbocycles. The number of para-hydroxylation sites is 3. The summed E-state index contributed by atoms with van der Waals surface area (Å²) in [5.74, 6) is 0. The minimum absolute atomic E-state index is 1.08. The highest BCUT2D eigenvalue weighted by atomic mass is 15.1. The summed E-state index contributed by atoms with van der Waals surface area (Å²) in [7, 11) is 0. The molecule has 3 nitrogen and oxygen atoms in total. The summed E-state index contributed by atoms with van der Waals surface area (Å²) in [4.78, 5) is 2.39. The predicted molar refractivity (Wildman–Crippen MR) is 269 cm³/mol. The zero-order valence-corrected chi connectivity index (χ0v) is 34.8. The largest absolute Gasteiger partial charge is 0.310 e. The molecule has 0 N–H and O–H groups in total. The van der Waals surface area contributed by atoms with Crippen LogP contribution in [0.15, 0.2) is 250 Å². The lowest BCUT2D eigenvalue weighted by Gasteiger charge is -2.28. The quantitative estimate of drug-likeness (QED) is 0.146. The van der Waals surface area contributed by atoms with Gasteiger partial charge in [0.1, 0.15) is 0 Å². The monoisotopic (exact) mass is 805 g/mol. The molecule has 2 aromatic heterocycles. The molecule has 0 aliphatic rings. The van der Waals surface area contributed by atoms with E-state index in [0.29, 0.717) is 0 Å². The minimum atomic E-state index is 1.08. The highest BCUT2D eigenvalue weighted by molar-refractivity contribution is 6.26. The summed E-state index contributed by atoms with van der Waals surface area (Å²) < 4.78 is 4.91. The summed E-state index contributed by atoms with van der Waals surface area (Å²) >= 11 is 0. The van der Waals surface area contributed by atoms with Crippen molar-refractivity contribution in [3.05, 3.63) is 250 Å². The Morgan fingerprint density at radius 1 is 0.333 bits per heavy atom. The summed E-state index contributed by atoms with van der Waals surface area (Å²) in [5.41, 5.74) is 15.1. The number of hydrogen-bond acceptors (Lipinski definition) is 1. The Hall–Kier alpha value is -8.40. The van der Waals surface area contributed by atoms with Crippen molar-refractivity contribution in [3.63, 3.8) is 0 Å². The standard InChI is InChI=1S/C58H39N3.C2H4/c1-3-15-40(16-4-1)42-27-30-45(31-28-42)59(53-24-12-9-21-49(53)43-18-5-2-6-19-43)46-33-35-47(36-34-46)61-54-25-13-10-22-50(54)51-37-38-56-57(58(51)61)52-23-11-14-26-55(52)60(56)48-32-29-41-17-7-8-20-44(41)39-48;1-2/h1-39H;1-2H2. The summed E-state index contributed by atoms with van der Waals surface area (Å²) in [6, 6.07) is 85.8. The molecule has 0 bridgehead atoms. The Morgan fingerprint density at radius 3 is 1.60 bits per heavy atom. The summed E-state index contributed by atoms with van der Waals surface area (Å²) in [6.45, 7) is 6.00. The van der Waals surface area contributed by atoms with E-state index in [1.165, 1.54) is 76.6 Å². The van der Waals surface area contributed by atoms with Crippen LogP contribution in [0.1, 0.15) is 0 Å². The maximum atomic E-state index is 3.00. The average Bonchev–Trinajstić information content (AvgIpc) is 3.89. The Morgan fingerprint density at radius 2 is 0.873 bits per heavy atom. The molecule has 0 amide bonds. The maximum Gasteiger partial charge on any atom is 0.0641 e. The number of aromatic nitrogens is 2. The van der Waals surface area contributed by atoms with Gasteiger partial charge in [-0.05, 0) is 100 Å². The van der Waals surface area contributed by atoms with Crippen LogP contribution < -0.4 is 4.90 Å². The van der Waals surface area contributed by atoms with Crippen LogP contribution in [0, 0.1) is 0 Å². The van der Waals surface area contributed by atoms with E-state index in [-0.39, 0.29) is 0 Å². The molecule has 2 heterocycles. The highest BCUT2D eigenvalue weighted by Gasteiger charge is 2.22. The van der Waals surface area contributed by atoms with Crippen molar-refractivity contribution in [2.75, 3.05) is 4.90 Å². The van der Waals surface area contributed by atoms with E-state index in [4.69, 9.17) is 0 Å². The molecular formula is C60H43N3. The summed E-state index contributed by atoms with van der Waals surface area (Å²) in [5, 5.41) is 7.43. The van der Waals surface area contributed by atoms with Gasteiger partial charge in [0.25, 0.3) is 0 Å². The smallest absolute Gasteiger partial charge is 0.0641 e. The second-order valence-corrected chi connectivity index (χ2v) is 15.7. The van der Waals surface area contributed by atoms with Crippen LogP contribution >= 0.6 is 0 Å². The normalized spacial score (nSPS) is 11.3. The predicted octanol–water partition coefficient (Wildman–Crippen LogP) is 16.6. The first-order chi connectivity index (χ1) is 31.3. The molecule has 0 spiro atoms. The molecule has 12 rings (SSSR count). The van der Waals surface area contributed by atoms with Gasteiger partial charge in [-0.15, -0.1) is 13.2 Å². The molecule has 10 aromatic carbocycles. The molecule has 63 heavy (non-hydrogen) atoms. The van der Waals surface area contributed by atoms with E-state index in [9.17, 15) is 0 Å². The van der Waals surface area contributed by atoms with Gasteiger partial charge < -0.3 is 14.0 Å². The molecule has 0 fully saturated rings. The number of rotatable bonds is 7. The van der Waals surface area contributed by atoms with Gasteiger partial charge in [0.2, 0.25) is 0 Å². The fraction of sp³-hybridized carbons (Fsp3) is 0. The molecule has 0 aliphatic heterocycles. The van der Waals surface area contributed by atoms with Gasteiger partial charge in [-0.2, -0.15) is 0 Å². The van der Waals surface area contributed by atoms with Crippen molar-refractivity contribution in [1.29, 1.82) is 0 Å². The fourth-order valence-electron chi connectivity index (χ4n) is 9.51. The lowest BCUT2D eigenvalue weighted by molar-refractivity contribution is 1.17. The average molecular weight is 806 g/mol. The molecule has 0 radical (unpaired) electrons. The zero-order chi connectivity index (χ0) is 42.3. The maximum absolute atomic E-state index is 3.00. The Balaban J connectivity index is 0.00000219. The van der Waals surface area contributed by atoms with Crippen LogP contribution in [-0.2, 0) is 0 Å². The van der Waals surface area contributed by atoms with Crippen LogP contribution in [0.25, 0.3) is 88.0 Å². The topological polar surface area (TPSA) is 13.1 Å². The highest BCUT2D eigenvalue weighted by Crippen LogP contribution is 2.44. The van der Waals surface area contributed by atoms with E-state index in [1.807, 2.05) is 0 Å². The van der Waals surface area contributed by atoms with Crippen LogP contribution in [0.4, 0.5) is 17.1 Å². The van der Waals surface area contributed by atoms with Gasteiger partial charge in [0, 0.05) is 49.9 Å². The Kier molecular flexibility index (Phi) is 9.48. The van der Waals surface area contributed by atoms with Crippen molar-refractivity contribution >= 4 is 71.4 Å². The molecule has 3 heteroatoms. The lowest BCUT2D eigenvalue weighted by Crippen LogP contribution is -2.11. The first kappa shape index (κ1) is 37.6. The van der Waals surface area contributed by atoms with Gasteiger partial charge in [0.15, 0.2) is 0 Å². The number of anilines is 3. The number of benzene rings is 10. The second kappa shape index (κ2) is 15.9. The van der Waals surface area contributed by atoms with Crippen molar-refractivity contribution in [2.24, 2.45) is 0 Å². The molecule has 0 atom stereocenters. The van der Waals surface area contributed by atoms with Crippen LogP contribution in [0.3, 0.4) is 0 Å². The third-order valence-corrected chi connectivity index (χ3v) is 12.3. The molecule has 0 aliphatic carbocycles. The van der Waals surface area contributed by atoms with Gasteiger partial charge in [-0.25, -0.2) is 0 Å². The number of fused-ring (bicyclic) bond motifs is 8. The second-order valence-electron chi connectivity index (χ2n) is 15.7. The minimum Gasteiger partial charge on any atom is -0.310 e. The van der Waals surface area contributed by atoms with E-state index >= 15 is 0 Å². The van der Waals surface area contributed by atoms with E-state index in [0.717, 1.165) is 28.4 Å². The van der Waals surface area contributed by atoms with E-state index < -0.39 is 0 Å². The first-order valence-corrected chi connectivity index (χ1v) is 21.4. The molecule has 298 valence electrons. The number of hydrogen-bond donors (Lipinski definition) is 0. The van der Waals surface area contributed by atoms with Crippen LogP contribution in [0.2, 0.25) is 0 Å². The molecule has 0 saturated heterocycles. The van der Waals surface area contributed by atoms with Crippen molar-refractivity contribution in [1.82, 2.24) is 9.13 Å². The molecule has 0 unspecified atom stereocenters. The summed E-state index contributed by atoms with van der Waals surface area (Å²) in [6.07, 6.45) is 0. The van der Waals surface area contributed by atoms with Gasteiger partial charge in [-0.1, -0.05) is 164 Å². The third-order valence-electron chi connectivity index (χ3n) is 12.3. The number of nitrogens with zero attached hydrogens (tertiary/aromatic N) is 3. The van der Waals surface area contributed by atoms with Gasteiger partial charge >= 0.3 is 0 Å². The van der Waals surface area contributed by atoms with Crippen LogP contribution in [-0.4, -0.2) is 9.13 Å². The van der Waals surface area contributed by atoms with Crippen molar-refractivity contribution in [3.8, 4) is 33.6 Å². The third kappa shape index (κ3) is 6.38. The Labute approximate surface area is 367 Å². The van der Waals surface area contributed by atoms with Gasteiger partial charge in [-0.3, -0.25) is 0 Å². The van der Waals surface area contributed by atoms with Crippen LogP contribution in [0.5, 0.6) is 0 Å². The van der Waals surface area contributed by atoms with Crippen molar-refractivity contribution in [2.45, 2.75) is 0 Å². The lowest BCUT2D eigenvalue weighted by atomic mass is 10.0. The van der Waals surface area contributed by atoms with Gasteiger partial charge in [0.05, 0.1) is 27.8 Å². The van der Waals surface area contributed by atoms with E-state index in [2.05, 4.69) is 264 Å². The Bertz CT molecular complexity index is 3580. The SMILES string of the molecule is C=C.c1ccc(-c2ccc(N(c3ccc(-n4c5ccccc5c5ccc6c(c7ccccc7n6-c6ccc7ccccc7c6)c54)cc3)c3ccccc3-c3ccccc3)cc2)cc1. The molecule has 12 aromatic rings.